The highest BCUT2D eigenvalue weighted by molar-refractivity contribution is 5.91. The minimum atomic E-state index is -1.13. The molecule has 1 heterocycles. The fourth-order valence-corrected chi connectivity index (χ4v) is 3.42. The van der Waals surface area contributed by atoms with Crippen LogP contribution >= 0.6 is 0 Å². The van der Waals surface area contributed by atoms with Gasteiger partial charge in [-0.3, -0.25) is 9.59 Å². The van der Waals surface area contributed by atoms with Crippen LogP contribution in [-0.4, -0.2) is 59.6 Å². The van der Waals surface area contributed by atoms with Gasteiger partial charge in [-0.2, -0.15) is 0 Å². The van der Waals surface area contributed by atoms with Crippen molar-refractivity contribution in [3.05, 3.63) is 35.5 Å². The maximum absolute atomic E-state index is 12.4. The molecule has 0 spiro atoms. The molecule has 1 fully saturated rings. The van der Waals surface area contributed by atoms with Gasteiger partial charge >= 0.3 is 17.9 Å². The van der Waals surface area contributed by atoms with Crippen molar-refractivity contribution in [1.29, 1.82) is 0 Å². The first-order valence-corrected chi connectivity index (χ1v) is 9.57. The molecule has 4 unspecified atom stereocenters. The van der Waals surface area contributed by atoms with Gasteiger partial charge in [-0.25, -0.2) is 4.79 Å². The zero-order valence-electron chi connectivity index (χ0n) is 16.9. The fraction of sp³-hybridized carbons (Fsp3) is 0.571. The van der Waals surface area contributed by atoms with Crippen LogP contribution in [0.25, 0.3) is 0 Å². The quantitative estimate of drug-likeness (QED) is 0.302. The number of hydrogen-bond acceptors (Lipinski definition) is 8. The van der Waals surface area contributed by atoms with E-state index in [9.17, 15) is 24.6 Å². The number of carbonyl (C=O) groups is 3. The van der Waals surface area contributed by atoms with E-state index in [4.69, 9.17) is 14.2 Å². The predicted octanol–water partition coefficient (Wildman–Crippen LogP) is 1.21. The van der Waals surface area contributed by atoms with Gasteiger partial charge < -0.3 is 24.4 Å². The Hall–Kier alpha value is -2.45. The molecule has 1 aliphatic heterocycles. The molecule has 0 radical (unpaired) electrons. The Morgan fingerprint density at radius 2 is 1.97 bits per heavy atom. The van der Waals surface area contributed by atoms with Gasteiger partial charge in [0.15, 0.2) is 12.2 Å². The van der Waals surface area contributed by atoms with E-state index in [1.165, 1.54) is 6.92 Å². The Morgan fingerprint density at radius 1 is 1.28 bits per heavy atom. The van der Waals surface area contributed by atoms with Crippen molar-refractivity contribution in [2.24, 2.45) is 11.8 Å². The van der Waals surface area contributed by atoms with E-state index in [1.807, 2.05) is 0 Å². The average Bonchev–Trinajstić information content (AvgIpc) is 2.93. The van der Waals surface area contributed by atoms with Crippen molar-refractivity contribution in [3.63, 3.8) is 0 Å². The van der Waals surface area contributed by atoms with Gasteiger partial charge in [-0.15, -0.1) is 0 Å². The molecule has 0 saturated carbocycles. The first-order valence-electron chi connectivity index (χ1n) is 9.57. The number of hydrogen-bond donors (Lipinski definition) is 2. The van der Waals surface area contributed by atoms with Crippen molar-refractivity contribution in [2.75, 3.05) is 13.2 Å². The van der Waals surface area contributed by atoms with Gasteiger partial charge in [0, 0.05) is 12.5 Å². The van der Waals surface area contributed by atoms with Crippen LogP contribution in [0.1, 0.15) is 33.6 Å². The lowest BCUT2D eigenvalue weighted by Crippen LogP contribution is -2.46. The molecule has 8 nitrogen and oxygen atoms in total. The number of allylic oxidation sites excluding steroid dienone is 1. The fourth-order valence-electron chi connectivity index (χ4n) is 3.42. The third-order valence-corrected chi connectivity index (χ3v) is 4.95. The van der Waals surface area contributed by atoms with E-state index in [1.54, 1.807) is 26.0 Å². The number of esters is 3. The highest BCUT2D eigenvalue weighted by atomic mass is 16.6. The lowest BCUT2D eigenvalue weighted by atomic mass is 9.83. The van der Waals surface area contributed by atoms with E-state index in [0.717, 1.165) is 0 Å². The van der Waals surface area contributed by atoms with Crippen LogP contribution in [-0.2, 0) is 28.6 Å². The van der Waals surface area contributed by atoms with Crippen LogP contribution in [0.5, 0.6) is 0 Å². The van der Waals surface area contributed by atoms with Gasteiger partial charge in [-0.1, -0.05) is 26.5 Å². The topological polar surface area (TPSA) is 119 Å². The molecule has 2 N–H and O–H groups in total. The Kier molecular flexibility index (Phi) is 7.75. The molecule has 4 atom stereocenters. The van der Waals surface area contributed by atoms with Crippen LogP contribution in [0.15, 0.2) is 35.5 Å². The molecule has 8 heteroatoms. The highest BCUT2D eigenvalue weighted by Gasteiger charge is 2.49. The lowest BCUT2D eigenvalue weighted by molar-refractivity contribution is -0.171. The molecule has 0 aromatic carbocycles. The summed E-state index contributed by atoms with van der Waals surface area (Å²) in [5.74, 6) is -3.16. The van der Waals surface area contributed by atoms with Crippen LogP contribution < -0.4 is 0 Å². The summed E-state index contributed by atoms with van der Waals surface area (Å²) in [6, 6.07) is 0. The minimum Gasteiger partial charge on any atom is -0.457 e. The number of aliphatic hydroxyl groups excluding tert-OH is 2. The summed E-state index contributed by atoms with van der Waals surface area (Å²) in [6.07, 6.45) is 1.12. The van der Waals surface area contributed by atoms with Crippen LogP contribution in [0.4, 0.5) is 0 Å². The number of rotatable bonds is 5. The van der Waals surface area contributed by atoms with Crippen molar-refractivity contribution >= 4 is 17.9 Å². The van der Waals surface area contributed by atoms with Crippen molar-refractivity contribution < 1.29 is 38.8 Å². The second-order valence-electron chi connectivity index (χ2n) is 7.47. The van der Waals surface area contributed by atoms with Gasteiger partial charge in [0.2, 0.25) is 0 Å². The normalized spacial score (nSPS) is 27.5. The maximum Gasteiger partial charge on any atom is 0.334 e. The summed E-state index contributed by atoms with van der Waals surface area (Å²) in [5, 5.41) is 19.6. The first-order chi connectivity index (χ1) is 13.7. The molecule has 1 saturated heterocycles. The summed E-state index contributed by atoms with van der Waals surface area (Å²) in [4.78, 5) is 36.5. The molecule has 0 aromatic rings. The number of carbonyl (C=O) groups excluding carboxylic acids is 3. The molecular formula is C21H28O8. The maximum atomic E-state index is 12.4. The third-order valence-electron chi connectivity index (χ3n) is 4.95. The van der Waals surface area contributed by atoms with Crippen molar-refractivity contribution in [2.45, 2.75) is 51.9 Å². The summed E-state index contributed by atoms with van der Waals surface area (Å²) in [7, 11) is 0. The summed E-state index contributed by atoms with van der Waals surface area (Å²) < 4.78 is 16.5. The molecule has 2 rings (SSSR count). The molecule has 1 aliphatic carbocycles. The number of ether oxygens (including phenoxy) is 3. The Balaban J connectivity index is 2.62. The third kappa shape index (κ3) is 5.33. The average molecular weight is 408 g/mol. The molecule has 160 valence electrons. The monoisotopic (exact) mass is 408 g/mol. The zero-order chi connectivity index (χ0) is 21.7. The molecular weight excluding hydrogens is 380 g/mol. The van der Waals surface area contributed by atoms with Gasteiger partial charge in [0.05, 0.1) is 25.0 Å². The van der Waals surface area contributed by atoms with Crippen molar-refractivity contribution in [1.82, 2.24) is 0 Å². The molecule has 2 aliphatic rings. The zero-order valence-corrected chi connectivity index (χ0v) is 16.9. The van der Waals surface area contributed by atoms with E-state index in [0.29, 0.717) is 24.0 Å². The van der Waals surface area contributed by atoms with E-state index < -0.39 is 54.7 Å². The second kappa shape index (κ2) is 9.84. The summed E-state index contributed by atoms with van der Waals surface area (Å²) in [6.45, 7) is 7.62. The van der Waals surface area contributed by atoms with Gasteiger partial charge in [0.25, 0.3) is 0 Å². The van der Waals surface area contributed by atoms with E-state index in [-0.39, 0.29) is 12.2 Å². The Bertz CT molecular complexity index is 733. The van der Waals surface area contributed by atoms with Crippen LogP contribution in [0.2, 0.25) is 0 Å². The largest absolute Gasteiger partial charge is 0.457 e. The van der Waals surface area contributed by atoms with Gasteiger partial charge in [-0.05, 0) is 30.1 Å². The first kappa shape index (κ1) is 22.8. The molecule has 0 amide bonds. The predicted molar refractivity (Wildman–Crippen MR) is 102 cm³/mol. The van der Waals surface area contributed by atoms with Gasteiger partial charge in [0.1, 0.15) is 6.10 Å². The summed E-state index contributed by atoms with van der Waals surface area (Å²) in [5.41, 5.74) is 1.04. The number of aliphatic hydroxyl groups is 2. The lowest BCUT2D eigenvalue weighted by Gasteiger charge is -2.34. The van der Waals surface area contributed by atoms with Crippen LogP contribution in [0, 0.1) is 11.8 Å². The Labute approximate surface area is 169 Å². The molecule has 29 heavy (non-hydrogen) atoms. The minimum absolute atomic E-state index is 0.0695. The molecule has 0 aromatic heterocycles. The van der Waals surface area contributed by atoms with E-state index in [2.05, 4.69) is 6.58 Å². The standard InChI is InChI=1S/C21H28O8/c1-11(2)20(25)29-19-17-12(3)21(26)28-16(17)8-14(9-22)6-5-7-15(10-23)18(19)27-13(4)24/h7-8,11,16-19,22-23H,3,5-6,9-10H2,1-2,4H3. The number of fused-ring (bicyclic) bond motifs is 1. The van der Waals surface area contributed by atoms with Crippen LogP contribution in [0.3, 0.4) is 0 Å². The smallest absolute Gasteiger partial charge is 0.334 e. The Morgan fingerprint density at radius 3 is 2.52 bits per heavy atom. The second-order valence-corrected chi connectivity index (χ2v) is 7.47. The highest BCUT2D eigenvalue weighted by Crippen LogP contribution is 2.37. The SMILES string of the molecule is C=C1C(=O)OC2C=C(CO)CCC=C(CO)C(OC(C)=O)C(OC(=O)C(C)C)C12. The van der Waals surface area contributed by atoms with Crippen molar-refractivity contribution in [3.8, 4) is 0 Å². The van der Waals surface area contributed by atoms with E-state index >= 15 is 0 Å². The molecule has 0 bridgehead atoms. The summed E-state index contributed by atoms with van der Waals surface area (Å²) >= 11 is 0.